The van der Waals surface area contributed by atoms with Crippen LogP contribution in [0.15, 0.2) is 24.3 Å². The number of H-pyrrole nitrogens is 1. The Labute approximate surface area is 138 Å². The molecule has 122 valence electrons. The Bertz CT molecular complexity index is 930. The van der Waals surface area contributed by atoms with Gasteiger partial charge in [-0.2, -0.15) is 5.10 Å². The van der Waals surface area contributed by atoms with Crippen LogP contribution in [-0.4, -0.2) is 31.2 Å². The molecule has 1 fully saturated rings. The summed E-state index contributed by atoms with van der Waals surface area (Å²) in [6.07, 6.45) is 2.28. The number of pyridine rings is 1. The molecule has 1 saturated carbocycles. The summed E-state index contributed by atoms with van der Waals surface area (Å²) in [6, 6.07) is 7.52. The molecule has 1 aliphatic carbocycles. The van der Waals surface area contributed by atoms with E-state index in [0.29, 0.717) is 29.7 Å². The van der Waals surface area contributed by atoms with Crippen molar-refractivity contribution < 1.29 is 9.90 Å². The van der Waals surface area contributed by atoms with E-state index in [-0.39, 0.29) is 5.56 Å². The molecule has 0 unspecified atom stereocenters. The van der Waals surface area contributed by atoms with Crippen LogP contribution in [0.1, 0.15) is 46.3 Å². The first kappa shape index (κ1) is 14.6. The van der Waals surface area contributed by atoms with Crippen LogP contribution in [0.25, 0.3) is 10.9 Å². The van der Waals surface area contributed by atoms with Crippen molar-refractivity contribution >= 4 is 22.7 Å². The average Bonchev–Trinajstić information content (AvgIpc) is 3.31. The molecule has 1 aliphatic rings. The standard InChI is InChI=1S/C17H17N5O2/c1-9-11-4-2-3-5-12(11)19-16(14(9)17(23)24)18-8-13-20-15(22-21-13)10-6-7-10/h2-5,10H,6-8H2,1H3,(H,18,19)(H,23,24)(H,20,21,22). The van der Waals surface area contributed by atoms with Gasteiger partial charge in [-0.1, -0.05) is 18.2 Å². The van der Waals surface area contributed by atoms with E-state index in [1.54, 1.807) is 6.92 Å². The van der Waals surface area contributed by atoms with Crippen LogP contribution in [0.4, 0.5) is 5.82 Å². The monoisotopic (exact) mass is 323 g/mol. The van der Waals surface area contributed by atoms with Crippen LogP contribution >= 0.6 is 0 Å². The molecular weight excluding hydrogens is 306 g/mol. The fourth-order valence-electron chi connectivity index (χ4n) is 2.85. The predicted octanol–water partition coefficient (Wildman–Crippen LogP) is 2.85. The molecule has 0 bridgehead atoms. The molecule has 0 spiro atoms. The maximum absolute atomic E-state index is 11.7. The van der Waals surface area contributed by atoms with Gasteiger partial charge in [0.25, 0.3) is 0 Å². The molecule has 0 aliphatic heterocycles. The number of rotatable bonds is 5. The Kier molecular flexibility index (Phi) is 3.41. The van der Waals surface area contributed by atoms with Crippen LogP contribution in [-0.2, 0) is 6.54 Å². The highest BCUT2D eigenvalue weighted by Crippen LogP contribution is 2.37. The van der Waals surface area contributed by atoms with Crippen LogP contribution < -0.4 is 5.32 Å². The van der Waals surface area contributed by atoms with Crippen molar-refractivity contribution in [3.63, 3.8) is 0 Å². The minimum atomic E-state index is -0.996. The number of nitrogens with one attached hydrogen (secondary N) is 2. The second-order valence-corrected chi connectivity index (χ2v) is 6.05. The molecule has 24 heavy (non-hydrogen) atoms. The Hall–Kier alpha value is -2.96. The van der Waals surface area contributed by atoms with E-state index < -0.39 is 5.97 Å². The van der Waals surface area contributed by atoms with Crippen LogP contribution in [0.5, 0.6) is 0 Å². The molecule has 0 radical (unpaired) electrons. The quantitative estimate of drug-likeness (QED) is 0.667. The third-order valence-corrected chi connectivity index (χ3v) is 4.28. The molecule has 7 heteroatoms. The van der Waals surface area contributed by atoms with Crippen LogP contribution in [0, 0.1) is 6.92 Å². The zero-order chi connectivity index (χ0) is 16.7. The normalized spacial score (nSPS) is 14.0. The van der Waals surface area contributed by atoms with Gasteiger partial charge in [0, 0.05) is 11.3 Å². The van der Waals surface area contributed by atoms with E-state index in [2.05, 4.69) is 25.5 Å². The third-order valence-electron chi connectivity index (χ3n) is 4.28. The first-order valence-electron chi connectivity index (χ1n) is 7.91. The van der Waals surface area contributed by atoms with Gasteiger partial charge in [-0.15, -0.1) is 0 Å². The van der Waals surface area contributed by atoms with E-state index in [1.165, 1.54) is 0 Å². The molecular formula is C17H17N5O2. The maximum atomic E-state index is 11.7. The molecule has 0 amide bonds. The van der Waals surface area contributed by atoms with E-state index in [0.717, 1.165) is 29.6 Å². The Balaban J connectivity index is 1.66. The highest BCUT2D eigenvalue weighted by atomic mass is 16.4. The summed E-state index contributed by atoms with van der Waals surface area (Å²) in [5.74, 6) is 1.35. The molecule has 3 aromatic rings. The lowest BCUT2D eigenvalue weighted by molar-refractivity contribution is 0.0697. The number of fused-ring (bicyclic) bond motifs is 1. The number of para-hydroxylation sites is 1. The van der Waals surface area contributed by atoms with Crippen molar-refractivity contribution in [3.8, 4) is 0 Å². The van der Waals surface area contributed by atoms with Gasteiger partial charge in [0.1, 0.15) is 17.2 Å². The summed E-state index contributed by atoms with van der Waals surface area (Å²) in [5, 5.41) is 20.6. The van der Waals surface area contributed by atoms with Crippen LogP contribution in [0.2, 0.25) is 0 Å². The van der Waals surface area contributed by atoms with Crippen LogP contribution in [0.3, 0.4) is 0 Å². The van der Waals surface area contributed by atoms with Gasteiger partial charge in [-0.3, -0.25) is 5.10 Å². The smallest absolute Gasteiger partial charge is 0.339 e. The topological polar surface area (TPSA) is 104 Å². The number of carboxylic acids is 1. The summed E-state index contributed by atoms with van der Waals surface area (Å²) < 4.78 is 0. The zero-order valence-electron chi connectivity index (χ0n) is 13.2. The summed E-state index contributed by atoms with van der Waals surface area (Å²) >= 11 is 0. The maximum Gasteiger partial charge on any atom is 0.339 e. The largest absolute Gasteiger partial charge is 0.478 e. The fourth-order valence-corrected chi connectivity index (χ4v) is 2.85. The summed E-state index contributed by atoms with van der Waals surface area (Å²) in [4.78, 5) is 20.6. The lowest BCUT2D eigenvalue weighted by Gasteiger charge is -2.12. The van der Waals surface area contributed by atoms with Gasteiger partial charge in [0.05, 0.1) is 12.1 Å². The first-order chi connectivity index (χ1) is 11.6. The number of hydrogen-bond donors (Lipinski definition) is 3. The van der Waals surface area contributed by atoms with E-state index in [9.17, 15) is 9.90 Å². The third kappa shape index (κ3) is 2.58. The molecule has 7 nitrogen and oxygen atoms in total. The number of carbonyl (C=O) groups is 1. The van der Waals surface area contributed by atoms with Gasteiger partial charge in [0.2, 0.25) is 0 Å². The Morgan fingerprint density at radius 1 is 1.33 bits per heavy atom. The SMILES string of the molecule is Cc1c(C(=O)O)c(NCc2nc(C3CC3)n[nH]2)nc2ccccc12. The summed E-state index contributed by atoms with van der Waals surface area (Å²) in [7, 11) is 0. The van der Waals surface area contributed by atoms with Gasteiger partial charge in [-0.05, 0) is 31.4 Å². The minimum absolute atomic E-state index is 0.190. The second-order valence-electron chi connectivity index (χ2n) is 6.05. The number of anilines is 1. The number of carboxylic acid groups (broad SMARTS) is 1. The number of benzene rings is 1. The number of nitrogens with zero attached hydrogens (tertiary/aromatic N) is 3. The van der Waals surface area contributed by atoms with Crippen molar-refractivity contribution in [2.75, 3.05) is 5.32 Å². The van der Waals surface area contributed by atoms with E-state index >= 15 is 0 Å². The number of aromatic amines is 1. The minimum Gasteiger partial charge on any atom is -0.478 e. The van der Waals surface area contributed by atoms with E-state index in [1.807, 2.05) is 24.3 Å². The lowest BCUT2D eigenvalue weighted by Crippen LogP contribution is -2.11. The highest BCUT2D eigenvalue weighted by Gasteiger charge is 2.27. The molecule has 0 saturated heterocycles. The molecule has 2 aromatic heterocycles. The van der Waals surface area contributed by atoms with Gasteiger partial charge < -0.3 is 10.4 Å². The predicted molar refractivity (Wildman–Crippen MR) is 89.1 cm³/mol. The molecule has 4 rings (SSSR count). The van der Waals surface area contributed by atoms with Crippen molar-refractivity contribution in [3.05, 3.63) is 47.0 Å². The van der Waals surface area contributed by atoms with E-state index in [4.69, 9.17) is 0 Å². The second kappa shape index (κ2) is 5.59. The number of aryl methyl sites for hydroxylation is 1. The van der Waals surface area contributed by atoms with Gasteiger partial charge in [0.15, 0.2) is 5.82 Å². The van der Waals surface area contributed by atoms with Gasteiger partial charge in [-0.25, -0.2) is 14.8 Å². The van der Waals surface area contributed by atoms with Gasteiger partial charge >= 0.3 is 5.97 Å². The van der Waals surface area contributed by atoms with Crippen molar-refractivity contribution in [2.45, 2.75) is 32.2 Å². The number of hydrogen-bond acceptors (Lipinski definition) is 5. The average molecular weight is 323 g/mol. The summed E-state index contributed by atoms with van der Waals surface area (Å²) in [6.45, 7) is 2.16. The number of aromatic carboxylic acids is 1. The highest BCUT2D eigenvalue weighted by molar-refractivity contribution is 6.01. The first-order valence-corrected chi connectivity index (χ1v) is 7.91. The fraction of sp³-hybridized carbons (Fsp3) is 0.294. The Morgan fingerprint density at radius 2 is 2.12 bits per heavy atom. The zero-order valence-corrected chi connectivity index (χ0v) is 13.2. The molecule has 2 heterocycles. The van der Waals surface area contributed by atoms with Crippen molar-refractivity contribution in [1.82, 2.24) is 20.2 Å². The molecule has 1 aromatic carbocycles. The molecule has 3 N–H and O–H groups in total. The van der Waals surface area contributed by atoms with Crippen molar-refractivity contribution in [1.29, 1.82) is 0 Å². The number of aromatic nitrogens is 4. The lowest BCUT2D eigenvalue weighted by atomic mass is 10.0. The Morgan fingerprint density at radius 3 is 2.88 bits per heavy atom. The van der Waals surface area contributed by atoms with Crippen molar-refractivity contribution in [2.24, 2.45) is 0 Å². The molecule has 0 atom stereocenters. The summed E-state index contributed by atoms with van der Waals surface area (Å²) in [5.41, 5.74) is 1.65.